The quantitative estimate of drug-likeness (QED) is 0.171. The number of piperidine rings is 1. The maximum absolute atomic E-state index is 13.0. The fourth-order valence-corrected chi connectivity index (χ4v) is 6.09. The molecule has 236 valence electrons. The Morgan fingerprint density at radius 1 is 0.957 bits per heavy atom. The van der Waals surface area contributed by atoms with Gasteiger partial charge in [0.25, 0.3) is 0 Å². The van der Waals surface area contributed by atoms with Crippen molar-refractivity contribution in [1.29, 1.82) is 0 Å². The van der Waals surface area contributed by atoms with Crippen LogP contribution < -0.4 is 20.3 Å². The first-order chi connectivity index (χ1) is 22.2. The smallest absolute Gasteiger partial charge is 0.324 e. The summed E-state index contributed by atoms with van der Waals surface area (Å²) in [5, 5.41) is 11.2. The predicted octanol–water partition coefficient (Wildman–Crippen LogP) is 7.55. The van der Waals surface area contributed by atoms with Crippen molar-refractivity contribution in [1.82, 2.24) is 24.7 Å². The molecule has 0 spiro atoms. The van der Waals surface area contributed by atoms with Crippen LogP contribution in [0.2, 0.25) is 0 Å². The van der Waals surface area contributed by atoms with E-state index in [1.165, 1.54) is 29.3 Å². The molecular weight excluding hydrogens is 600 g/mol. The zero-order chi connectivity index (χ0) is 32.2. The Hall–Kier alpha value is -5.10. The van der Waals surface area contributed by atoms with Crippen molar-refractivity contribution in [3.63, 3.8) is 0 Å². The molecule has 0 aliphatic carbocycles. The van der Waals surface area contributed by atoms with Crippen molar-refractivity contribution in [3.8, 4) is 27.9 Å². The van der Waals surface area contributed by atoms with E-state index in [1.54, 1.807) is 15.8 Å². The molecule has 1 fully saturated rings. The third kappa shape index (κ3) is 7.23. The van der Waals surface area contributed by atoms with Crippen LogP contribution in [0.5, 0.6) is 11.8 Å². The molecule has 1 saturated heterocycles. The summed E-state index contributed by atoms with van der Waals surface area (Å²) in [6.07, 6.45) is 8.08. The Bertz CT molecular complexity index is 1850. The van der Waals surface area contributed by atoms with Crippen LogP contribution in [0.1, 0.15) is 49.9 Å². The number of carbonyl (C=O) groups excluding carboxylic acids is 2. The van der Waals surface area contributed by atoms with Gasteiger partial charge in [0.1, 0.15) is 11.6 Å². The molecule has 5 aromatic rings. The van der Waals surface area contributed by atoms with E-state index in [9.17, 15) is 9.59 Å². The number of rotatable bonds is 9. The first-order valence-electron chi connectivity index (χ1n) is 15.3. The number of thiazole rings is 1. The molecule has 0 atom stereocenters. The monoisotopic (exact) mass is 636 g/mol. The normalized spacial score (nSPS) is 13.2. The molecule has 1 aliphatic rings. The molecular formula is C34H36N8O3S. The average molecular weight is 637 g/mol. The molecule has 0 radical (unpaired) electrons. The van der Waals surface area contributed by atoms with E-state index in [0.29, 0.717) is 29.6 Å². The first-order valence-corrected chi connectivity index (χ1v) is 16.1. The van der Waals surface area contributed by atoms with Gasteiger partial charge in [-0.3, -0.25) is 15.0 Å². The fraction of sp³-hybridized carbons (Fsp3) is 0.294. The van der Waals surface area contributed by atoms with Crippen LogP contribution in [0, 0.1) is 19.8 Å². The van der Waals surface area contributed by atoms with Gasteiger partial charge >= 0.3 is 12.0 Å². The van der Waals surface area contributed by atoms with Crippen LogP contribution in [0.4, 0.5) is 21.4 Å². The minimum absolute atomic E-state index is 0.133. The standard InChI is InChI=1S/C34H36N8O3S/c1-21(2)15-25-17-30(42(40-25)27-11-8-22(3)23(4)16-27)39-32(44)38-26-18-35-33(36-19-26)45-28-12-9-24(10-13-28)29-20-37-34(46-29)41-14-6-5-7-31(41)43/h8-13,16-21H,5-7,14-15H2,1-4H3,(H2,38,39,44). The van der Waals surface area contributed by atoms with Crippen molar-refractivity contribution in [2.75, 3.05) is 22.1 Å². The Balaban J connectivity index is 1.07. The highest BCUT2D eigenvalue weighted by molar-refractivity contribution is 7.19. The predicted molar refractivity (Wildman–Crippen MR) is 180 cm³/mol. The van der Waals surface area contributed by atoms with E-state index in [2.05, 4.69) is 59.3 Å². The third-order valence-corrected chi connectivity index (χ3v) is 8.71. The Morgan fingerprint density at radius 3 is 2.46 bits per heavy atom. The highest BCUT2D eigenvalue weighted by atomic mass is 32.1. The maximum atomic E-state index is 13.0. The lowest BCUT2D eigenvalue weighted by molar-refractivity contribution is -0.119. The summed E-state index contributed by atoms with van der Waals surface area (Å²) in [5.74, 6) is 1.68. The molecule has 2 aromatic carbocycles. The SMILES string of the molecule is Cc1ccc(-n2nc(CC(C)C)cc2NC(=O)Nc2cnc(Oc3ccc(-c4cnc(N5CCCCC5=O)s4)cc3)nc2)cc1C. The second-order valence-electron chi connectivity index (χ2n) is 11.8. The second kappa shape index (κ2) is 13.5. The summed E-state index contributed by atoms with van der Waals surface area (Å²) in [6.45, 7) is 9.11. The van der Waals surface area contributed by atoms with Crippen LogP contribution >= 0.6 is 11.3 Å². The molecule has 4 heterocycles. The Labute approximate surface area is 271 Å². The number of carbonyl (C=O) groups is 2. The maximum Gasteiger partial charge on any atom is 0.324 e. The molecule has 0 unspecified atom stereocenters. The van der Waals surface area contributed by atoms with Crippen molar-refractivity contribution in [2.45, 2.75) is 53.4 Å². The van der Waals surface area contributed by atoms with Gasteiger partial charge in [-0.2, -0.15) is 5.10 Å². The van der Waals surface area contributed by atoms with Gasteiger partial charge in [0.2, 0.25) is 5.91 Å². The number of anilines is 3. The number of ether oxygens (including phenoxy) is 1. The van der Waals surface area contributed by atoms with Gasteiger partial charge in [-0.05, 0) is 92.1 Å². The Kier molecular flexibility index (Phi) is 9.06. The van der Waals surface area contributed by atoms with E-state index < -0.39 is 6.03 Å². The number of benzene rings is 2. The van der Waals surface area contributed by atoms with Crippen molar-refractivity contribution < 1.29 is 14.3 Å². The summed E-state index contributed by atoms with van der Waals surface area (Å²) in [7, 11) is 0. The van der Waals surface area contributed by atoms with Gasteiger partial charge in [-0.1, -0.05) is 31.3 Å². The average Bonchev–Trinajstić information content (AvgIpc) is 3.67. The molecule has 3 amide bonds. The van der Waals surface area contributed by atoms with Gasteiger partial charge in [-0.25, -0.2) is 24.4 Å². The van der Waals surface area contributed by atoms with E-state index in [0.717, 1.165) is 58.3 Å². The van der Waals surface area contributed by atoms with Gasteiger partial charge in [-0.15, -0.1) is 0 Å². The lowest BCUT2D eigenvalue weighted by atomic mass is 10.1. The molecule has 2 N–H and O–H groups in total. The van der Waals surface area contributed by atoms with Crippen LogP contribution in [0.3, 0.4) is 0 Å². The Morgan fingerprint density at radius 2 is 1.74 bits per heavy atom. The summed E-state index contributed by atoms with van der Waals surface area (Å²) >= 11 is 1.50. The number of nitrogens with zero attached hydrogens (tertiary/aromatic N) is 6. The minimum Gasteiger partial charge on any atom is -0.424 e. The van der Waals surface area contributed by atoms with Crippen LogP contribution in [0.25, 0.3) is 16.1 Å². The van der Waals surface area contributed by atoms with E-state index >= 15 is 0 Å². The topological polar surface area (TPSA) is 127 Å². The molecule has 3 aromatic heterocycles. The van der Waals surface area contributed by atoms with Gasteiger partial charge in [0, 0.05) is 25.2 Å². The van der Waals surface area contributed by atoms with E-state index in [-0.39, 0.29) is 11.9 Å². The van der Waals surface area contributed by atoms with Crippen LogP contribution in [-0.4, -0.2) is 43.2 Å². The van der Waals surface area contributed by atoms with Crippen molar-refractivity contribution >= 4 is 39.9 Å². The minimum atomic E-state index is -0.440. The molecule has 0 bridgehead atoms. The summed E-state index contributed by atoms with van der Waals surface area (Å²) in [6, 6.07) is 15.2. The lowest BCUT2D eigenvalue weighted by Crippen LogP contribution is -2.34. The number of hydrogen-bond donors (Lipinski definition) is 2. The number of aromatic nitrogens is 5. The van der Waals surface area contributed by atoms with Gasteiger partial charge < -0.3 is 10.1 Å². The second-order valence-corrected chi connectivity index (χ2v) is 12.8. The molecule has 46 heavy (non-hydrogen) atoms. The third-order valence-electron chi connectivity index (χ3n) is 7.64. The molecule has 1 aliphatic heterocycles. The van der Waals surface area contributed by atoms with Crippen molar-refractivity contribution in [2.24, 2.45) is 5.92 Å². The largest absolute Gasteiger partial charge is 0.424 e. The number of hydrogen-bond acceptors (Lipinski definition) is 8. The highest BCUT2D eigenvalue weighted by Gasteiger charge is 2.22. The molecule has 12 heteroatoms. The lowest BCUT2D eigenvalue weighted by Gasteiger charge is -2.23. The van der Waals surface area contributed by atoms with Gasteiger partial charge in [0.15, 0.2) is 5.13 Å². The number of urea groups is 1. The number of amides is 3. The summed E-state index contributed by atoms with van der Waals surface area (Å²) < 4.78 is 7.59. The van der Waals surface area contributed by atoms with E-state index in [1.807, 2.05) is 42.5 Å². The number of nitrogens with one attached hydrogen (secondary N) is 2. The van der Waals surface area contributed by atoms with Crippen molar-refractivity contribution in [3.05, 3.63) is 83.9 Å². The van der Waals surface area contributed by atoms with Crippen LogP contribution in [-0.2, 0) is 11.2 Å². The highest BCUT2D eigenvalue weighted by Crippen LogP contribution is 2.34. The molecule has 6 rings (SSSR count). The zero-order valence-electron chi connectivity index (χ0n) is 26.3. The van der Waals surface area contributed by atoms with Gasteiger partial charge in [0.05, 0.1) is 34.3 Å². The molecule has 11 nitrogen and oxygen atoms in total. The molecule has 0 saturated carbocycles. The summed E-state index contributed by atoms with van der Waals surface area (Å²) in [5.41, 5.74) is 5.48. The summed E-state index contributed by atoms with van der Waals surface area (Å²) in [4.78, 5) is 41.0. The zero-order valence-corrected chi connectivity index (χ0v) is 27.1. The van der Waals surface area contributed by atoms with E-state index in [4.69, 9.17) is 9.84 Å². The van der Waals surface area contributed by atoms with Crippen LogP contribution in [0.15, 0.2) is 67.1 Å². The number of aryl methyl sites for hydroxylation is 2. The first kappa shape index (κ1) is 30.9. The fourth-order valence-electron chi connectivity index (χ4n) is 5.13.